The molecule has 0 saturated carbocycles. The standard InChI is InChI=1S/C21H25F2N5O3.ClH/c1-11-8-16-15(9-25-11)18-20(30)28(17(19(29)24-3)10-27(18)26-16)12(2)13-4-6-14(7-5-13)31-21(22)23;/h4-7,11-12,17,21,25H,8-10H2,1-3H3,(H,24,29);1H/t11-,12?,17?;/m1./s1. The number of ether oxygens (including phenoxy) is 1. The minimum atomic E-state index is -2.91. The van der Waals surface area contributed by atoms with Gasteiger partial charge in [-0.1, -0.05) is 12.1 Å². The maximum atomic E-state index is 13.6. The molecule has 2 N–H and O–H groups in total. The van der Waals surface area contributed by atoms with E-state index in [-0.39, 0.29) is 42.6 Å². The molecule has 174 valence electrons. The summed E-state index contributed by atoms with van der Waals surface area (Å²) >= 11 is 0. The van der Waals surface area contributed by atoms with Crippen molar-refractivity contribution >= 4 is 24.2 Å². The number of nitrogens with zero attached hydrogens (tertiary/aromatic N) is 3. The Bertz CT molecular complexity index is 998. The zero-order valence-electron chi connectivity index (χ0n) is 18.0. The van der Waals surface area contributed by atoms with Gasteiger partial charge in [0, 0.05) is 31.6 Å². The van der Waals surface area contributed by atoms with E-state index in [9.17, 15) is 18.4 Å². The van der Waals surface area contributed by atoms with Crippen molar-refractivity contribution < 1.29 is 23.1 Å². The van der Waals surface area contributed by atoms with E-state index in [1.54, 1.807) is 21.7 Å². The highest BCUT2D eigenvalue weighted by molar-refractivity contribution is 5.99. The van der Waals surface area contributed by atoms with E-state index >= 15 is 0 Å². The lowest BCUT2D eigenvalue weighted by atomic mass is 9.98. The summed E-state index contributed by atoms with van der Waals surface area (Å²) in [5, 5.41) is 10.6. The first-order valence-corrected chi connectivity index (χ1v) is 10.2. The van der Waals surface area contributed by atoms with E-state index in [1.807, 2.05) is 6.92 Å². The van der Waals surface area contributed by atoms with Crippen molar-refractivity contribution in [1.82, 2.24) is 25.3 Å². The fourth-order valence-electron chi connectivity index (χ4n) is 4.33. The van der Waals surface area contributed by atoms with E-state index in [1.165, 1.54) is 19.2 Å². The number of carbonyl (C=O) groups excluding carboxylic acids is 2. The maximum Gasteiger partial charge on any atom is 0.387 e. The highest BCUT2D eigenvalue weighted by atomic mass is 35.5. The van der Waals surface area contributed by atoms with Gasteiger partial charge < -0.3 is 20.3 Å². The summed E-state index contributed by atoms with van der Waals surface area (Å²) in [6.07, 6.45) is 0.717. The van der Waals surface area contributed by atoms with Crippen molar-refractivity contribution in [3.8, 4) is 5.75 Å². The quantitative estimate of drug-likeness (QED) is 0.701. The number of benzene rings is 1. The van der Waals surface area contributed by atoms with Gasteiger partial charge in [0.15, 0.2) is 0 Å². The number of aromatic nitrogens is 2. The molecular weight excluding hydrogens is 444 g/mol. The lowest BCUT2D eigenvalue weighted by molar-refractivity contribution is -0.126. The molecule has 11 heteroatoms. The second-order valence-corrected chi connectivity index (χ2v) is 7.91. The summed E-state index contributed by atoms with van der Waals surface area (Å²) in [6, 6.07) is 5.16. The van der Waals surface area contributed by atoms with Crippen LogP contribution in [0.5, 0.6) is 5.75 Å². The number of alkyl halides is 2. The van der Waals surface area contributed by atoms with Crippen molar-refractivity contribution in [1.29, 1.82) is 0 Å². The van der Waals surface area contributed by atoms with Gasteiger partial charge in [-0.2, -0.15) is 13.9 Å². The molecule has 0 radical (unpaired) electrons. The molecule has 4 rings (SSSR count). The Hall–Kier alpha value is -2.72. The van der Waals surface area contributed by atoms with E-state index in [0.29, 0.717) is 24.2 Å². The van der Waals surface area contributed by atoms with E-state index < -0.39 is 18.7 Å². The Kier molecular flexibility index (Phi) is 7.04. The van der Waals surface area contributed by atoms with Gasteiger partial charge in [0.25, 0.3) is 5.91 Å². The summed E-state index contributed by atoms with van der Waals surface area (Å²) < 4.78 is 30.9. The molecule has 2 unspecified atom stereocenters. The third-order valence-electron chi connectivity index (χ3n) is 5.93. The summed E-state index contributed by atoms with van der Waals surface area (Å²) in [7, 11) is 1.53. The van der Waals surface area contributed by atoms with Crippen LogP contribution >= 0.6 is 12.4 Å². The van der Waals surface area contributed by atoms with Crippen LogP contribution in [0.4, 0.5) is 8.78 Å². The summed E-state index contributed by atoms with van der Waals surface area (Å²) in [5.74, 6) is -0.528. The molecule has 0 bridgehead atoms. The first-order chi connectivity index (χ1) is 14.8. The molecular formula is C21H26ClF2N5O3. The Labute approximate surface area is 190 Å². The fourth-order valence-corrected chi connectivity index (χ4v) is 4.33. The van der Waals surface area contributed by atoms with Crippen molar-refractivity contribution in [3.05, 3.63) is 46.8 Å². The number of carbonyl (C=O) groups is 2. The van der Waals surface area contributed by atoms with Crippen molar-refractivity contribution in [2.24, 2.45) is 0 Å². The van der Waals surface area contributed by atoms with Crippen LogP contribution in [0.3, 0.4) is 0 Å². The van der Waals surface area contributed by atoms with Gasteiger partial charge in [0.1, 0.15) is 17.5 Å². The molecule has 8 nitrogen and oxygen atoms in total. The maximum absolute atomic E-state index is 13.6. The molecule has 1 aromatic heterocycles. The van der Waals surface area contributed by atoms with Crippen molar-refractivity contribution in [2.75, 3.05) is 7.05 Å². The van der Waals surface area contributed by atoms with Crippen LogP contribution < -0.4 is 15.4 Å². The van der Waals surface area contributed by atoms with Gasteiger partial charge in [0.2, 0.25) is 5.91 Å². The van der Waals surface area contributed by atoms with E-state index in [4.69, 9.17) is 0 Å². The first kappa shape index (κ1) is 23.9. The Morgan fingerprint density at radius 3 is 2.62 bits per heavy atom. The van der Waals surface area contributed by atoms with E-state index in [0.717, 1.165) is 11.3 Å². The Morgan fingerprint density at radius 1 is 1.31 bits per heavy atom. The van der Waals surface area contributed by atoms with Gasteiger partial charge in [-0.3, -0.25) is 14.3 Å². The molecule has 1 aromatic carbocycles. The number of likely N-dealkylation sites (N-methyl/N-ethyl adjacent to an activating group) is 1. The lowest BCUT2D eigenvalue weighted by Crippen LogP contribution is -2.55. The summed E-state index contributed by atoms with van der Waals surface area (Å²) in [5.41, 5.74) is 2.96. The highest BCUT2D eigenvalue weighted by Crippen LogP contribution is 2.33. The topological polar surface area (TPSA) is 88.5 Å². The van der Waals surface area contributed by atoms with Gasteiger partial charge in [-0.05, 0) is 31.5 Å². The average Bonchev–Trinajstić information content (AvgIpc) is 3.10. The molecule has 3 atom stereocenters. The fraction of sp³-hybridized carbons (Fsp3) is 0.476. The van der Waals surface area contributed by atoms with Crippen LogP contribution in [-0.4, -0.2) is 52.2 Å². The average molecular weight is 470 g/mol. The molecule has 3 heterocycles. The minimum absolute atomic E-state index is 0. The predicted octanol–water partition coefficient (Wildman–Crippen LogP) is 2.27. The Balaban J connectivity index is 0.00000289. The largest absolute Gasteiger partial charge is 0.435 e. The third-order valence-corrected chi connectivity index (χ3v) is 5.93. The van der Waals surface area contributed by atoms with Gasteiger partial charge in [0.05, 0.1) is 18.3 Å². The zero-order chi connectivity index (χ0) is 22.3. The van der Waals surface area contributed by atoms with Crippen LogP contribution in [0.2, 0.25) is 0 Å². The molecule has 2 aromatic rings. The van der Waals surface area contributed by atoms with Crippen LogP contribution in [0.1, 0.15) is 47.2 Å². The molecule has 0 fully saturated rings. The SMILES string of the molecule is CNC(=O)C1Cn2nc3c(c2C(=O)N1C(C)c1ccc(OC(F)F)cc1)CN[C@H](C)C3.Cl. The zero-order valence-corrected chi connectivity index (χ0v) is 18.8. The summed E-state index contributed by atoms with van der Waals surface area (Å²) in [6.45, 7) is 1.76. The number of nitrogens with one attached hydrogen (secondary N) is 2. The summed E-state index contributed by atoms with van der Waals surface area (Å²) in [4.78, 5) is 27.9. The van der Waals surface area contributed by atoms with Gasteiger partial charge in [-0.25, -0.2) is 0 Å². The van der Waals surface area contributed by atoms with Crippen LogP contribution in [-0.2, 0) is 24.3 Å². The minimum Gasteiger partial charge on any atom is -0.435 e. The third kappa shape index (κ3) is 4.29. The van der Waals surface area contributed by atoms with E-state index in [2.05, 4.69) is 27.4 Å². The number of halogens is 3. The molecule has 0 spiro atoms. The number of hydrogen-bond donors (Lipinski definition) is 2. The van der Waals surface area contributed by atoms with Gasteiger partial charge in [-0.15, -0.1) is 12.4 Å². The first-order valence-electron chi connectivity index (χ1n) is 10.2. The van der Waals surface area contributed by atoms with Gasteiger partial charge >= 0.3 is 6.61 Å². The van der Waals surface area contributed by atoms with Crippen LogP contribution in [0, 0.1) is 0 Å². The van der Waals surface area contributed by atoms with Crippen molar-refractivity contribution in [3.63, 3.8) is 0 Å². The predicted molar refractivity (Wildman–Crippen MR) is 115 cm³/mol. The molecule has 2 amide bonds. The monoisotopic (exact) mass is 469 g/mol. The second kappa shape index (κ2) is 9.41. The number of hydrogen-bond acceptors (Lipinski definition) is 5. The smallest absolute Gasteiger partial charge is 0.387 e. The Morgan fingerprint density at radius 2 is 2.00 bits per heavy atom. The van der Waals surface area contributed by atoms with Crippen LogP contribution in [0.25, 0.3) is 0 Å². The second-order valence-electron chi connectivity index (χ2n) is 7.91. The molecule has 0 saturated heterocycles. The molecule has 0 aliphatic carbocycles. The highest BCUT2D eigenvalue weighted by Gasteiger charge is 2.43. The normalized spacial score (nSPS) is 20.8. The van der Waals surface area contributed by atoms with Crippen molar-refractivity contribution in [2.45, 2.75) is 58.1 Å². The number of fused-ring (bicyclic) bond motifs is 3. The number of amides is 2. The molecule has 32 heavy (non-hydrogen) atoms. The molecule has 2 aliphatic rings. The lowest BCUT2D eigenvalue weighted by Gasteiger charge is -2.39. The molecule has 2 aliphatic heterocycles. The number of rotatable bonds is 5. The van der Waals surface area contributed by atoms with Crippen LogP contribution in [0.15, 0.2) is 24.3 Å².